The summed E-state index contributed by atoms with van der Waals surface area (Å²) in [5.74, 6) is 0. The molecular weight excluding hydrogens is 252 g/mol. The van der Waals surface area contributed by atoms with Crippen LogP contribution in [0.25, 0.3) is 0 Å². The van der Waals surface area contributed by atoms with Gasteiger partial charge in [-0.3, -0.25) is 0 Å². The quantitative estimate of drug-likeness (QED) is 0.850. The van der Waals surface area contributed by atoms with Gasteiger partial charge in [0.2, 0.25) is 0 Å². The van der Waals surface area contributed by atoms with E-state index < -0.39 is 0 Å². The van der Waals surface area contributed by atoms with Crippen LogP contribution in [0.15, 0.2) is 30.3 Å². The van der Waals surface area contributed by atoms with E-state index in [0.717, 1.165) is 18.7 Å². The van der Waals surface area contributed by atoms with Gasteiger partial charge in [-0.05, 0) is 25.1 Å². The molecule has 1 saturated heterocycles. The van der Waals surface area contributed by atoms with Crippen molar-refractivity contribution in [2.75, 3.05) is 27.2 Å². The van der Waals surface area contributed by atoms with E-state index in [1.54, 1.807) is 0 Å². The molecule has 1 aliphatic rings. The number of hydrogen-bond donors (Lipinski definition) is 0. The van der Waals surface area contributed by atoms with Crippen molar-refractivity contribution in [2.24, 2.45) is 5.41 Å². The summed E-state index contributed by atoms with van der Waals surface area (Å²) in [7, 11) is 4.12. The average Bonchev–Trinajstić information content (AvgIpc) is 2.73. The highest BCUT2D eigenvalue weighted by atomic mass is 16.6. The van der Waals surface area contributed by atoms with E-state index in [1.165, 1.54) is 0 Å². The Morgan fingerprint density at radius 3 is 2.55 bits per heavy atom. The Morgan fingerprint density at radius 1 is 1.35 bits per heavy atom. The van der Waals surface area contributed by atoms with Gasteiger partial charge in [-0.15, -0.1) is 0 Å². The minimum absolute atomic E-state index is 0.0925. The van der Waals surface area contributed by atoms with Gasteiger partial charge in [0.05, 0.1) is 0 Å². The van der Waals surface area contributed by atoms with E-state index in [4.69, 9.17) is 4.74 Å². The van der Waals surface area contributed by atoms with Gasteiger partial charge in [0.1, 0.15) is 6.61 Å². The van der Waals surface area contributed by atoms with Crippen LogP contribution in [0.5, 0.6) is 0 Å². The van der Waals surface area contributed by atoms with Crippen LogP contribution in [0, 0.1) is 5.41 Å². The third-order valence-corrected chi connectivity index (χ3v) is 3.98. The molecule has 0 N–H and O–H groups in total. The van der Waals surface area contributed by atoms with Crippen molar-refractivity contribution >= 4 is 6.09 Å². The fourth-order valence-electron chi connectivity index (χ4n) is 2.93. The second-order valence-electron chi connectivity index (χ2n) is 6.39. The lowest BCUT2D eigenvalue weighted by Crippen LogP contribution is -2.40. The highest BCUT2D eigenvalue weighted by molar-refractivity contribution is 5.68. The second-order valence-corrected chi connectivity index (χ2v) is 6.39. The monoisotopic (exact) mass is 276 g/mol. The number of likely N-dealkylation sites (N-methyl/N-ethyl adjacent to an activating group) is 1. The molecule has 0 aliphatic carbocycles. The zero-order chi connectivity index (χ0) is 14.8. The molecule has 110 valence electrons. The van der Waals surface area contributed by atoms with Crippen LogP contribution in [0.3, 0.4) is 0 Å². The maximum atomic E-state index is 12.2. The molecule has 20 heavy (non-hydrogen) atoms. The zero-order valence-corrected chi connectivity index (χ0v) is 12.8. The van der Waals surface area contributed by atoms with Gasteiger partial charge in [0, 0.05) is 19.1 Å². The average molecular weight is 276 g/mol. The lowest BCUT2D eigenvalue weighted by Gasteiger charge is -2.30. The summed E-state index contributed by atoms with van der Waals surface area (Å²) in [6.45, 7) is 6.20. The zero-order valence-electron chi connectivity index (χ0n) is 12.8. The molecule has 4 nitrogen and oxygen atoms in total. The summed E-state index contributed by atoms with van der Waals surface area (Å²) < 4.78 is 5.40. The number of carbonyl (C=O) groups is 1. The number of nitrogens with zero attached hydrogens (tertiary/aromatic N) is 2. The highest BCUT2D eigenvalue weighted by Crippen LogP contribution is 2.32. The maximum absolute atomic E-state index is 12.2. The van der Waals surface area contributed by atoms with E-state index >= 15 is 0 Å². The Hall–Kier alpha value is -1.55. The smallest absolute Gasteiger partial charge is 0.410 e. The van der Waals surface area contributed by atoms with Crippen LogP contribution in [0.1, 0.15) is 19.4 Å². The second kappa shape index (κ2) is 5.83. The van der Waals surface area contributed by atoms with E-state index in [0.29, 0.717) is 12.6 Å². The van der Waals surface area contributed by atoms with Crippen LogP contribution >= 0.6 is 0 Å². The molecule has 1 fully saturated rings. The van der Waals surface area contributed by atoms with Crippen molar-refractivity contribution in [3.63, 3.8) is 0 Å². The first-order chi connectivity index (χ1) is 9.40. The highest BCUT2D eigenvalue weighted by Gasteiger charge is 2.42. The number of hydrogen-bond acceptors (Lipinski definition) is 3. The van der Waals surface area contributed by atoms with Gasteiger partial charge in [-0.25, -0.2) is 4.79 Å². The first-order valence-electron chi connectivity index (χ1n) is 7.02. The van der Waals surface area contributed by atoms with Crippen LogP contribution in [0.4, 0.5) is 4.79 Å². The van der Waals surface area contributed by atoms with Crippen molar-refractivity contribution in [2.45, 2.75) is 26.5 Å². The Balaban J connectivity index is 1.91. The van der Waals surface area contributed by atoms with Crippen molar-refractivity contribution in [3.05, 3.63) is 35.9 Å². The topological polar surface area (TPSA) is 32.8 Å². The Morgan fingerprint density at radius 2 is 2.00 bits per heavy atom. The third kappa shape index (κ3) is 3.31. The summed E-state index contributed by atoms with van der Waals surface area (Å²) in [6, 6.07) is 10.1. The molecule has 4 heteroatoms. The van der Waals surface area contributed by atoms with Crippen molar-refractivity contribution in [1.29, 1.82) is 0 Å². The largest absolute Gasteiger partial charge is 0.445 e. The molecular formula is C16H24N2O2. The molecule has 1 atom stereocenters. The molecule has 1 amide bonds. The lowest BCUT2D eigenvalue weighted by atomic mass is 9.87. The Kier molecular flexibility index (Phi) is 4.33. The van der Waals surface area contributed by atoms with E-state index in [2.05, 4.69) is 32.8 Å². The van der Waals surface area contributed by atoms with Gasteiger partial charge in [-0.1, -0.05) is 44.2 Å². The first kappa shape index (κ1) is 14.9. The first-order valence-corrected chi connectivity index (χ1v) is 7.02. The van der Waals surface area contributed by atoms with Crippen molar-refractivity contribution in [1.82, 2.24) is 9.80 Å². The van der Waals surface area contributed by atoms with Gasteiger partial charge >= 0.3 is 6.09 Å². The number of likely N-dealkylation sites (tertiary alicyclic amines) is 1. The summed E-state index contributed by atoms with van der Waals surface area (Å²) in [6.07, 6.45) is -0.216. The van der Waals surface area contributed by atoms with E-state index in [-0.39, 0.29) is 11.5 Å². The molecule has 0 bridgehead atoms. The molecule has 0 spiro atoms. The van der Waals surface area contributed by atoms with Crippen LogP contribution in [-0.2, 0) is 11.3 Å². The number of carbonyl (C=O) groups excluding carboxylic acids is 1. The SMILES string of the molecule is CN(C)C1CN(C(=O)OCc2ccccc2)CC1(C)C. The van der Waals surface area contributed by atoms with Crippen LogP contribution in [-0.4, -0.2) is 49.1 Å². The molecule has 2 rings (SSSR count). The summed E-state index contributed by atoms with van der Waals surface area (Å²) in [5, 5.41) is 0. The van der Waals surface area contributed by atoms with Gasteiger partial charge in [0.15, 0.2) is 0 Å². The van der Waals surface area contributed by atoms with E-state index in [1.807, 2.05) is 35.2 Å². The van der Waals surface area contributed by atoms with Gasteiger partial charge < -0.3 is 14.5 Å². The molecule has 1 heterocycles. The minimum Gasteiger partial charge on any atom is -0.445 e. The van der Waals surface area contributed by atoms with Crippen LogP contribution in [0.2, 0.25) is 0 Å². The molecule has 0 saturated carbocycles. The van der Waals surface area contributed by atoms with Gasteiger partial charge in [0.25, 0.3) is 0 Å². The minimum atomic E-state index is -0.216. The fraction of sp³-hybridized carbons (Fsp3) is 0.562. The molecule has 0 radical (unpaired) electrons. The Labute approximate surface area is 121 Å². The molecule has 1 aromatic carbocycles. The number of benzene rings is 1. The summed E-state index contributed by atoms with van der Waals surface area (Å²) >= 11 is 0. The predicted molar refractivity (Wildman–Crippen MR) is 79.5 cm³/mol. The molecule has 0 aromatic heterocycles. The lowest BCUT2D eigenvalue weighted by molar-refractivity contribution is 0.101. The molecule has 1 unspecified atom stereocenters. The number of amides is 1. The normalized spacial score (nSPS) is 21.2. The van der Waals surface area contributed by atoms with Crippen molar-refractivity contribution < 1.29 is 9.53 Å². The maximum Gasteiger partial charge on any atom is 0.410 e. The molecule has 1 aromatic rings. The summed E-state index contributed by atoms with van der Waals surface area (Å²) in [4.78, 5) is 16.2. The standard InChI is InChI=1S/C16H24N2O2/c1-16(2)12-18(10-14(16)17(3)4)15(19)20-11-13-8-6-5-7-9-13/h5-9,14H,10-12H2,1-4H3. The molecule has 1 aliphatic heterocycles. The number of rotatable bonds is 3. The summed E-state index contributed by atoms with van der Waals surface area (Å²) in [5.41, 5.74) is 1.11. The van der Waals surface area contributed by atoms with Crippen LogP contribution < -0.4 is 0 Å². The van der Waals surface area contributed by atoms with E-state index in [9.17, 15) is 4.79 Å². The third-order valence-electron chi connectivity index (χ3n) is 3.98. The Bertz CT molecular complexity index is 457. The van der Waals surface area contributed by atoms with Crippen molar-refractivity contribution in [3.8, 4) is 0 Å². The predicted octanol–water partition coefficient (Wildman–Crippen LogP) is 2.60. The fourth-order valence-corrected chi connectivity index (χ4v) is 2.93. The van der Waals surface area contributed by atoms with Gasteiger partial charge in [-0.2, -0.15) is 0 Å². The number of ether oxygens (including phenoxy) is 1.